The first-order valence-electron chi connectivity index (χ1n) is 17.3. The molecule has 0 unspecified atom stereocenters. The van der Waals surface area contributed by atoms with Crippen molar-refractivity contribution in [3.63, 3.8) is 0 Å². The van der Waals surface area contributed by atoms with E-state index in [1.54, 1.807) is 0 Å². The molecule has 0 saturated carbocycles. The number of hydrogen-bond acceptors (Lipinski definition) is 3. The van der Waals surface area contributed by atoms with Crippen LogP contribution in [0, 0.1) is 0 Å². The molecule has 0 amide bonds. The first-order chi connectivity index (χ1) is 25.3. The Kier molecular flexibility index (Phi) is 5.17. The van der Waals surface area contributed by atoms with Crippen LogP contribution in [0.2, 0.25) is 0 Å². The second kappa shape index (κ2) is 9.80. The Morgan fingerprint density at radius 1 is 0.392 bits per heavy atom. The van der Waals surface area contributed by atoms with Gasteiger partial charge in [-0.25, -0.2) is 9.97 Å². The van der Waals surface area contributed by atoms with Crippen LogP contribution in [-0.4, -0.2) is 19.1 Å². The van der Waals surface area contributed by atoms with Gasteiger partial charge in [-0.3, -0.25) is 4.57 Å². The molecule has 0 bridgehead atoms. The lowest BCUT2D eigenvalue weighted by Crippen LogP contribution is -2.03. The van der Waals surface area contributed by atoms with Crippen LogP contribution in [0.1, 0.15) is 0 Å². The van der Waals surface area contributed by atoms with Crippen molar-refractivity contribution in [1.29, 1.82) is 0 Å². The van der Waals surface area contributed by atoms with Gasteiger partial charge in [-0.05, 0) is 70.1 Å². The monoisotopic (exact) mass is 650 g/mol. The quantitative estimate of drug-likeness (QED) is 0.191. The van der Waals surface area contributed by atoms with Gasteiger partial charge in [0.15, 0.2) is 5.58 Å². The van der Waals surface area contributed by atoms with Gasteiger partial charge in [0.1, 0.15) is 16.8 Å². The number of hydrogen-bond donors (Lipinski definition) is 0. The maximum atomic E-state index is 6.48. The minimum Gasteiger partial charge on any atom is -0.452 e. The zero-order valence-electron chi connectivity index (χ0n) is 27.2. The second-order valence-corrected chi connectivity index (χ2v) is 13.3. The highest BCUT2D eigenvalue weighted by Gasteiger charge is 2.26. The van der Waals surface area contributed by atoms with Crippen molar-refractivity contribution >= 4 is 87.2 Å². The third kappa shape index (κ3) is 3.49. The summed E-state index contributed by atoms with van der Waals surface area (Å²) in [5.74, 6) is 0.615. The van der Waals surface area contributed by atoms with Crippen LogP contribution in [0.5, 0.6) is 0 Å². The normalized spacial score (nSPS) is 12.3. The fraction of sp³-hybridized carbons (Fsp3) is 0. The Hall–Kier alpha value is -6.98. The van der Waals surface area contributed by atoms with E-state index in [1.807, 2.05) is 36.4 Å². The van der Waals surface area contributed by atoms with E-state index in [2.05, 4.69) is 130 Å². The van der Waals surface area contributed by atoms with E-state index in [0.717, 1.165) is 44.5 Å². The Balaban J connectivity index is 1.34. The molecule has 5 nitrogen and oxygen atoms in total. The smallest absolute Gasteiger partial charge is 0.236 e. The van der Waals surface area contributed by atoms with Crippen LogP contribution in [0.25, 0.3) is 110 Å². The van der Waals surface area contributed by atoms with Crippen LogP contribution in [-0.2, 0) is 0 Å². The first-order valence-corrected chi connectivity index (χ1v) is 17.3. The van der Waals surface area contributed by atoms with Crippen LogP contribution < -0.4 is 0 Å². The number of aromatic nitrogens is 4. The van der Waals surface area contributed by atoms with E-state index in [-0.39, 0.29) is 0 Å². The second-order valence-electron chi connectivity index (χ2n) is 13.3. The van der Waals surface area contributed by atoms with Gasteiger partial charge < -0.3 is 8.98 Å². The van der Waals surface area contributed by atoms with Crippen LogP contribution in [0.4, 0.5) is 0 Å². The van der Waals surface area contributed by atoms with E-state index in [1.165, 1.54) is 54.1 Å². The van der Waals surface area contributed by atoms with E-state index < -0.39 is 0 Å². The van der Waals surface area contributed by atoms with Crippen molar-refractivity contribution in [1.82, 2.24) is 19.1 Å². The third-order valence-corrected chi connectivity index (χ3v) is 10.7. The molecule has 236 valence electrons. The molecule has 0 saturated heterocycles. The van der Waals surface area contributed by atoms with Crippen molar-refractivity contribution in [3.05, 3.63) is 158 Å². The lowest BCUT2D eigenvalue weighted by atomic mass is 9.95. The van der Waals surface area contributed by atoms with Gasteiger partial charge in [0.05, 0.1) is 22.1 Å². The van der Waals surface area contributed by atoms with E-state index in [9.17, 15) is 0 Å². The molecular weight excluding hydrogens is 625 g/mol. The maximum absolute atomic E-state index is 6.48. The Labute approximate surface area is 290 Å². The molecule has 0 aliphatic heterocycles. The van der Waals surface area contributed by atoms with E-state index >= 15 is 0 Å². The Morgan fingerprint density at radius 2 is 0.922 bits per heavy atom. The largest absolute Gasteiger partial charge is 0.452 e. The molecule has 4 aromatic heterocycles. The Bertz CT molecular complexity index is 3350. The summed E-state index contributed by atoms with van der Waals surface area (Å²) in [5.41, 5.74) is 9.68. The number of benzene rings is 7. The van der Waals surface area contributed by atoms with E-state index in [0.29, 0.717) is 11.5 Å². The van der Waals surface area contributed by atoms with Crippen molar-refractivity contribution in [3.8, 4) is 22.9 Å². The van der Waals surface area contributed by atoms with Crippen LogP contribution in [0.15, 0.2) is 162 Å². The van der Waals surface area contributed by atoms with Gasteiger partial charge in [0.2, 0.25) is 5.95 Å². The van der Waals surface area contributed by atoms with Crippen molar-refractivity contribution in [2.45, 2.75) is 0 Å². The molecule has 0 N–H and O–H groups in total. The SMILES string of the molecule is c1ccc(-c2nc(-n3c4cccc5c6ccccc6c6cccc7c6c6c(c54)c3ccc6n7-c3ccccc3)nc3c2oc2ccccc23)cc1. The standard InChI is InChI=1S/C46H26N4O/c1-3-13-27(14-4-1)43-45-44(33-19-9-10-24-38(33)51-45)48-46(47-43)50-35-23-12-21-32-30-18-8-7-17-29(30)31-20-11-22-34-39(31)41-36(25-26-37(50)42(41)40(32)35)49(34)28-15-5-2-6-16-28/h1-26H. The number of para-hydroxylation sites is 2. The summed E-state index contributed by atoms with van der Waals surface area (Å²) < 4.78 is 11.2. The molecule has 8 aromatic carbocycles. The lowest BCUT2D eigenvalue weighted by Gasteiger charge is -2.10. The number of fused-ring (bicyclic) bond motifs is 6. The summed E-state index contributed by atoms with van der Waals surface area (Å²) >= 11 is 0. The molecule has 5 heteroatoms. The zero-order chi connectivity index (χ0) is 33.2. The summed E-state index contributed by atoms with van der Waals surface area (Å²) in [4.78, 5) is 10.7. The van der Waals surface area contributed by atoms with Gasteiger partial charge in [-0.1, -0.05) is 109 Å². The predicted molar refractivity (Wildman–Crippen MR) is 210 cm³/mol. The lowest BCUT2D eigenvalue weighted by molar-refractivity contribution is 0.666. The number of furan rings is 1. The van der Waals surface area contributed by atoms with E-state index in [4.69, 9.17) is 14.4 Å². The van der Waals surface area contributed by atoms with Crippen molar-refractivity contribution in [2.24, 2.45) is 0 Å². The zero-order valence-corrected chi connectivity index (χ0v) is 27.2. The summed E-state index contributed by atoms with van der Waals surface area (Å²) in [6.07, 6.45) is 0. The highest BCUT2D eigenvalue weighted by molar-refractivity contribution is 6.39. The number of nitrogens with zero attached hydrogens (tertiary/aromatic N) is 4. The summed E-state index contributed by atoms with van der Waals surface area (Å²) in [7, 11) is 0. The molecule has 4 heterocycles. The summed E-state index contributed by atoms with van der Waals surface area (Å²) in [5, 5.41) is 10.8. The third-order valence-electron chi connectivity index (χ3n) is 10.7. The average molecular weight is 651 g/mol. The summed E-state index contributed by atoms with van der Waals surface area (Å²) in [6, 6.07) is 55.9. The van der Waals surface area contributed by atoms with Crippen LogP contribution in [0.3, 0.4) is 0 Å². The number of rotatable bonds is 3. The molecular formula is C46H26N4O. The topological polar surface area (TPSA) is 48.8 Å². The molecule has 0 fully saturated rings. The molecule has 0 aliphatic rings. The predicted octanol–water partition coefficient (Wildman–Crippen LogP) is 12.0. The summed E-state index contributed by atoms with van der Waals surface area (Å²) in [6.45, 7) is 0. The van der Waals surface area contributed by atoms with Gasteiger partial charge >= 0.3 is 0 Å². The van der Waals surface area contributed by atoms with Gasteiger partial charge in [0.25, 0.3) is 0 Å². The van der Waals surface area contributed by atoms with Gasteiger partial charge in [0, 0.05) is 38.2 Å². The molecule has 51 heavy (non-hydrogen) atoms. The molecule has 0 radical (unpaired) electrons. The first kappa shape index (κ1) is 26.9. The van der Waals surface area contributed by atoms with Crippen molar-refractivity contribution < 1.29 is 4.42 Å². The molecule has 0 aliphatic carbocycles. The van der Waals surface area contributed by atoms with Gasteiger partial charge in [-0.2, -0.15) is 0 Å². The highest BCUT2D eigenvalue weighted by atomic mass is 16.3. The average Bonchev–Trinajstić information content (AvgIpc) is 3.85. The van der Waals surface area contributed by atoms with Crippen molar-refractivity contribution in [2.75, 3.05) is 0 Å². The fourth-order valence-corrected chi connectivity index (χ4v) is 8.64. The van der Waals surface area contributed by atoms with Crippen LogP contribution >= 0.6 is 0 Å². The minimum atomic E-state index is 0.615. The fourth-order valence-electron chi connectivity index (χ4n) is 8.64. The minimum absolute atomic E-state index is 0.615. The molecule has 0 spiro atoms. The maximum Gasteiger partial charge on any atom is 0.236 e. The molecule has 12 rings (SSSR count). The highest BCUT2D eigenvalue weighted by Crippen LogP contribution is 2.47. The Morgan fingerprint density at radius 3 is 1.61 bits per heavy atom. The molecule has 0 atom stereocenters. The van der Waals surface area contributed by atoms with Gasteiger partial charge in [-0.15, -0.1) is 0 Å². The molecule has 12 aromatic rings.